The Balaban J connectivity index is 2.76. The van der Waals surface area contributed by atoms with Gasteiger partial charge in [0.2, 0.25) is 0 Å². The van der Waals surface area contributed by atoms with Gasteiger partial charge in [0.05, 0.1) is 13.7 Å². The predicted molar refractivity (Wildman–Crippen MR) is 84.3 cm³/mol. The van der Waals surface area contributed by atoms with E-state index in [2.05, 4.69) is 24.1 Å². The van der Waals surface area contributed by atoms with Crippen LogP contribution in [0.2, 0.25) is 0 Å². The van der Waals surface area contributed by atoms with E-state index in [-0.39, 0.29) is 5.97 Å². The van der Waals surface area contributed by atoms with Crippen molar-refractivity contribution in [2.75, 3.05) is 40.5 Å². The van der Waals surface area contributed by atoms with Gasteiger partial charge in [0.1, 0.15) is 5.54 Å². The van der Waals surface area contributed by atoms with E-state index in [1.807, 2.05) is 6.92 Å². The number of likely N-dealkylation sites (N-methyl/N-ethyl adjacent to an activating group) is 1. The van der Waals surface area contributed by atoms with Crippen LogP contribution in [-0.2, 0) is 14.3 Å². The lowest BCUT2D eigenvalue weighted by Crippen LogP contribution is -2.52. The molecule has 0 bridgehead atoms. The Morgan fingerprint density at radius 2 is 2.14 bits per heavy atom. The Hall–Kier alpha value is -0.650. The highest BCUT2D eigenvalue weighted by Crippen LogP contribution is 2.34. The van der Waals surface area contributed by atoms with E-state index in [0.717, 1.165) is 45.5 Å². The summed E-state index contributed by atoms with van der Waals surface area (Å²) in [5.41, 5.74) is -0.504. The van der Waals surface area contributed by atoms with Gasteiger partial charge in [-0.15, -0.1) is 0 Å². The van der Waals surface area contributed by atoms with E-state index in [1.165, 1.54) is 7.11 Å². The van der Waals surface area contributed by atoms with Crippen molar-refractivity contribution in [3.63, 3.8) is 0 Å². The Labute approximate surface area is 129 Å². The van der Waals surface area contributed by atoms with E-state index in [4.69, 9.17) is 9.47 Å². The lowest BCUT2D eigenvalue weighted by Gasteiger charge is -2.32. The molecule has 0 aromatic heterocycles. The smallest absolute Gasteiger partial charge is 0.326 e. The van der Waals surface area contributed by atoms with Crippen LogP contribution in [0, 0.1) is 5.92 Å². The fourth-order valence-electron chi connectivity index (χ4n) is 3.38. The third kappa shape index (κ3) is 4.94. The Kier molecular flexibility index (Phi) is 7.63. The number of rotatable bonds is 9. The van der Waals surface area contributed by atoms with Gasteiger partial charge in [-0.25, -0.2) is 0 Å². The molecule has 5 nitrogen and oxygen atoms in total. The summed E-state index contributed by atoms with van der Waals surface area (Å²) in [4.78, 5) is 14.7. The van der Waals surface area contributed by atoms with Gasteiger partial charge in [0.15, 0.2) is 0 Å². The van der Waals surface area contributed by atoms with Crippen LogP contribution >= 0.6 is 0 Å². The van der Waals surface area contributed by atoms with E-state index in [1.54, 1.807) is 7.11 Å². The molecule has 1 fully saturated rings. The van der Waals surface area contributed by atoms with E-state index >= 15 is 0 Å². The molecule has 5 heteroatoms. The first-order valence-corrected chi connectivity index (χ1v) is 8.05. The maximum absolute atomic E-state index is 12.2. The zero-order valence-corrected chi connectivity index (χ0v) is 14.3. The molecule has 0 heterocycles. The monoisotopic (exact) mass is 300 g/mol. The highest BCUT2D eigenvalue weighted by atomic mass is 16.5. The lowest BCUT2D eigenvalue weighted by molar-refractivity contribution is -0.148. The molecule has 1 rings (SSSR count). The first-order valence-electron chi connectivity index (χ1n) is 8.05. The van der Waals surface area contributed by atoms with Gasteiger partial charge >= 0.3 is 5.97 Å². The average Bonchev–Trinajstić information content (AvgIpc) is 2.88. The molecule has 124 valence electrons. The fourth-order valence-corrected chi connectivity index (χ4v) is 3.38. The van der Waals surface area contributed by atoms with Crippen LogP contribution in [0.25, 0.3) is 0 Å². The molecule has 1 aliphatic carbocycles. The molecule has 0 aliphatic heterocycles. The maximum Gasteiger partial charge on any atom is 0.326 e. The van der Waals surface area contributed by atoms with Gasteiger partial charge in [-0.05, 0) is 31.7 Å². The quantitative estimate of drug-likeness (QED) is 0.656. The summed E-state index contributed by atoms with van der Waals surface area (Å²) in [6.07, 6.45) is 2.70. The minimum Gasteiger partial charge on any atom is -0.468 e. The topological polar surface area (TPSA) is 50.8 Å². The van der Waals surface area contributed by atoms with Crippen LogP contribution in [0.1, 0.15) is 40.0 Å². The van der Waals surface area contributed by atoms with Crippen molar-refractivity contribution in [3.05, 3.63) is 0 Å². The molecule has 0 spiro atoms. The van der Waals surface area contributed by atoms with Gasteiger partial charge in [-0.3, -0.25) is 9.69 Å². The van der Waals surface area contributed by atoms with Gasteiger partial charge in [0.25, 0.3) is 0 Å². The second-order valence-corrected chi connectivity index (χ2v) is 6.38. The Morgan fingerprint density at radius 1 is 1.43 bits per heavy atom. The largest absolute Gasteiger partial charge is 0.468 e. The zero-order chi connectivity index (χ0) is 15.9. The van der Waals surface area contributed by atoms with E-state index in [9.17, 15) is 4.79 Å². The highest BCUT2D eigenvalue weighted by Gasteiger charge is 2.47. The van der Waals surface area contributed by atoms with Crippen molar-refractivity contribution >= 4 is 5.97 Å². The van der Waals surface area contributed by atoms with Crippen molar-refractivity contribution in [2.45, 2.75) is 51.6 Å². The van der Waals surface area contributed by atoms with Crippen molar-refractivity contribution in [1.29, 1.82) is 0 Å². The number of hydrogen-bond acceptors (Lipinski definition) is 5. The van der Waals surface area contributed by atoms with E-state index in [0.29, 0.717) is 12.0 Å². The van der Waals surface area contributed by atoms with Crippen LogP contribution < -0.4 is 5.32 Å². The van der Waals surface area contributed by atoms with Gasteiger partial charge in [-0.2, -0.15) is 0 Å². The molecule has 0 aromatic carbocycles. The number of nitrogens with zero attached hydrogens (tertiary/aromatic N) is 1. The summed E-state index contributed by atoms with van der Waals surface area (Å²) in [7, 11) is 3.21. The van der Waals surface area contributed by atoms with Gasteiger partial charge < -0.3 is 14.8 Å². The molecular formula is C16H32N2O3. The predicted octanol–water partition coefficient (Wildman–Crippen LogP) is 1.66. The standard InChI is InChI=1S/C16H32N2O3/c1-6-17-16(15(19)21-5)8-7-14(11-16)18(9-10-20-4)12-13(2)3/h13-14,17H,6-12H2,1-5H3. The summed E-state index contributed by atoms with van der Waals surface area (Å²) in [5.74, 6) is 0.484. The normalized spacial score (nSPS) is 25.8. The molecule has 2 atom stereocenters. The number of esters is 1. The molecular weight excluding hydrogens is 268 g/mol. The SMILES string of the molecule is CCNC1(C(=O)OC)CCC(N(CCOC)CC(C)C)C1. The Morgan fingerprint density at radius 3 is 2.67 bits per heavy atom. The molecule has 2 unspecified atom stereocenters. The zero-order valence-electron chi connectivity index (χ0n) is 14.3. The van der Waals surface area contributed by atoms with Crippen molar-refractivity contribution in [3.8, 4) is 0 Å². The lowest BCUT2D eigenvalue weighted by atomic mass is 9.97. The Bertz CT molecular complexity index is 323. The first kappa shape index (κ1) is 18.4. The third-order valence-corrected chi connectivity index (χ3v) is 4.28. The third-order valence-electron chi connectivity index (χ3n) is 4.28. The highest BCUT2D eigenvalue weighted by molar-refractivity contribution is 5.81. The summed E-state index contributed by atoms with van der Waals surface area (Å²) in [5, 5.41) is 3.37. The van der Waals surface area contributed by atoms with Crippen molar-refractivity contribution in [2.24, 2.45) is 5.92 Å². The fraction of sp³-hybridized carbons (Fsp3) is 0.938. The van der Waals surface area contributed by atoms with Gasteiger partial charge in [-0.1, -0.05) is 20.8 Å². The van der Waals surface area contributed by atoms with E-state index < -0.39 is 5.54 Å². The van der Waals surface area contributed by atoms with Crippen molar-refractivity contribution in [1.82, 2.24) is 10.2 Å². The van der Waals surface area contributed by atoms with Gasteiger partial charge in [0, 0.05) is 26.2 Å². The maximum atomic E-state index is 12.2. The molecule has 0 amide bonds. The minimum atomic E-state index is -0.504. The molecule has 1 saturated carbocycles. The number of carbonyl (C=O) groups is 1. The number of ether oxygens (including phenoxy) is 2. The summed E-state index contributed by atoms with van der Waals surface area (Å²) >= 11 is 0. The van der Waals surface area contributed by atoms with Crippen LogP contribution in [0.15, 0.2) is 0 Å². The molecule has 1 aliphatic rings. The van der Waals surface area contributed by atoms with Crippen LogP contribution in [-0.4, -0.2) is 62.9 Å². The van der Waals surface area contributed by atoms with Crippen LogP contribution in [0.5, 0.6) is 0 Å². The van der Waals surface area contributed by atoms with Crippen molar-refractivity contribution < 1.29 is 14.3 Å². The second kappa shape index (κ2) is 8.71. The first-order chi connectivity index (χ1) is 9.99. The molecule has 0 radical (unpaired) electrons. The summed E-state index contributed by atoms with van der Waals surface area (Å²) in [6, 6.07) is 0.417. The van der Waals surface area contributed by atoms with Crippen LogP contribution in [0.4, 0.5) is 0 Å². The average molecular weight is 300 g/mol. The molecule has 21 heavy (non-hydrogen) atoms. The minimum absolute atomic E-state index is 0.122. The number of carbonyl (C=O) groups excluding carboxylic acids is 1. The molecule has 1 N–H and O–H groups in total. The van der Waals surface area contributed by atoms with Crippen LogP contribution in [0.3, 0.4) is 0 Å². The summed E-state index contributed by atoms with van der Waals surface area (Å²) in [6.45, 7) is 9.97. The number of hydrogen-bond donors (Lipinski definition) is 1. The molecule has 0 saturated heterocycles. The second-order valence-electron chi connectivity index (χ2n) is 6.38. The molecule has 0 aromatic rings. The summed E-state index contributed by atoms with van der Waals surface area (Å²) < 4.78 is 10.3. The number of methoxy groups -OCH3 is 2. The number of nitrogens with one attached hydrogen (secondary N) is 1.